The molecule has 0 aromatic carbocycles. The van der Waals surface area contributed by atoms with Crippen molar-refractivity contribution in [2.24, 2.45) is 0 Å². The summed E-state index contributed by atoms with van der Waals surface area (Å²) in [7, 11) is 0. The Morgan fingerprint density at radius 3 is 2.58 bits per heavy atom. The number of halogens is 1. The topological polar surface area (TPSA) is 58.2 Å². The number of alkyl halides is 1. The van der Waals surface area contributed by atoms with E-state index in [0.717, 1.165) is 0 Å². The Hall–Kier alpha value is -0.770. The Balaban J connectivity index is 2.58. The zero-order chi connectivity index (χ0) is 9.19. The average Bonchev–Trinajstić information content (AvgIpc) is 2.23. The van der Waals surface area contributed by atoms with Crippen LogP contribution in [0.1, 0.15) is 19.8 Å². The highest BCUT2D eigenvalue weighted by molar-refractivity contribution is 6.17. The lowest BCUT2D eigenvalue weighted by Gasteiger charge is -2.19. The van der Waals surface area contributed by atoms with E-state index in [1.807, 2.05) is 0 Å². The number of carbonyl (C=O) groups is 2. The normalized spacial score (nSPS) is 28.5. The van der Waals surface area contributed by atoms with Gasteiger partial charge in [0.05, 0.1) is 0 Å². The van der Waals surface area contributed by atoms with E-state index in [9.17, 15) is 9.59 Å². The highest BCUT2D eigenvalue weighted by Crippen LogP contribution is 2.16. The van der Waals surface area contributed by atoms with E-state index < -0.39 is 11.6 Å². The molecule has 12 heavy (non-hydrogen) atoms. The molecule has 1 aliphatic heterocycles. The van der Waals surface area contributed by atoms with Crippen molar-refractivity contribution in [2.45, 2.75) is 25.3 Å². The minimum absolute atomic E-state index is 0.266. The molecule has 0 aromatic heterocycles. The van der Waals surface area contributed by atoms with Crippen LogP contribution >= 0.6 is 11.6 Å². The quantitative estimate of drug-likeness (QED) is 0.506. The maximum Gasteiger partial charge on any atom is 0.322 e. The Morgan fingerprint density at radius 1 is 1.50 bits per heavy atom. The van der Waals surface area contributed by atoms with E-state index in [1.54, 1.807) is 6.92 Å². The largest absolute Gasteiger partial charge is 0.324 e. The molecule has 3 amide bonds. The van der Waals surface area contributed by atoms with Crippen LogP contribution < -0.4 is 10.6 Å². The van der Waals surface area contributed by atoms with Gasteiger partial charge in [-0.2, -0.15) is 0 Å². The SMILES string of the molecule is CC1(CCCCl)NC(=O)NC1=O. The van der Waals surface area contributed by atoms with Crippen LogP contribution in [-0.4, -0.2) is 23.4 Å². The summed E-state index contributed by atoms with van der Waals surface area (Å²) < 4.78 is 0. The van der Waals surface area contributed by atoms with Crippen LogP contribution in [0.3, 0.4) is 0 Å². The molecule has 0 bridgehead atoms. The third-order valence-electron chi connectivity index (χ3n) is 1.93. The van der Waals surface area contributed by atoms with Gasteiger partial charge >= 0.3 is 6.03 Å². The number of amides is 3. The van der Waals surface area contributed by atoms with Crippen LogP contribution in [-0.2, 0) is 4.79 Å². The van der Waals surface area contributed by atoms with Gasteiger partial charge in [-0.15, -0.1) is 11.6 Å². The molecule has 0 saturated carbocycles. The standard InChI is InChI=1S/C7H11ClN2O2/c1-7(3-2-4-8)5(11)9-6(12)10-7/h2-4H2,1H3,(H2,9,10,11,12). The van der Waals surface area contributed by atoms with Crippen LogP contribution in [0.15, 0.2) is 0 Å². The van der Waals surface area contributed by atoms with Gasteiger partial charge in [0.15, 0.2) is 0 Å². The Bertz CT molecular complexity index is 219. The molecule has 1 atom stereocenters. The maximum absolute atomic E-state index is 11.2. The second-order valence-electron chi connectivity index (χ2n) is 3.03. The summed E-state index contributed by atoms with van der Waals surface area (Å²) >= 11 is 5.48. The molecular weight excluding hydrogens is 180 g/mol. The molecular formula is C7H11ClN2O2. The minimum atomic E-state index is -0.758. The molecule has 1 saturated heterocycles. The van der Waals surface area contributed by atoms with Crippen molar-refractivity contribution < 1.29 is 9.59 Å². The second kappa shape index (κ2) is 3.31. The van der Waals surface area contributed by atoms with Crippen molar-refractivity contribution in [2.75, 3.05) is 5.88 Å². The highest BCUT2D eigenvalue weighted by atomic mass is 35.5. The highest BCUT2D eigenvalue weighted by Gasteiger charge is 2.40. The van der Waals surface area contributed by atoms with Crippen LogP contribution in [0, 0.1) is 0 Å². The first kappa shape index (κ1) is 9.32. The molecule has 0 radical (unpaired) electrons. The number of rotatable bonds is 3. The van der Waals surface area contributed by atoms with E-state index in [-0.39, 0.29) is 5.91 Å². The summed E-state index contributed by atoms with van der Waals surface area (Å²) in [5.74, 6) is 0.233. The fourth-order valence-corrected chi connectivity index (χ4v) is 1.31. The average molecular weight is 191 g/mol. The van der Waals surface area contributed by atoms with Crippen molar-refractivity contribution in [3.63, 3.8) is 0 Å². The van der Waals surface area contributed by atoms with Gasteiger partial charge in [-0.3, -0.25) is 10.1 Å². The smallest absolute Gasteiger partial charge is 0.322 e. The van der Waals surface area contributed by atoms with Gasteiger partial charge in [0.2, 0.25) is 0 Å². The first-order chi connectivity index (χ1) is 5.58. The lowest BCUT2D eigenvalue weighted by Crippen LogP contribution is -2.43. The van der Waals surface area contributed by atoms with Crippen LogP contribution in [0.5, 0.6) is 0 Å². The van der Waals surface area contributed by atoms with Crippen LogP contribution in [0.2, 0.25) is 0 Å². The zero-order valence-electron chi connectivity index (χ0n) is 6.82. The number of carbonyl (C=O) groups excluding carboxylic acids is 2. The molecule has 1 aliphatic rings. The predicted octanol–water partition coefficient (Wildman–Crippen LogP) is 0.604. The summed E-state index contributed by atoms with van der Waals surface area (Å²) in [6.45, 7) is 1.69. The van der Waals surface area contributed by atoms with E-state index in [4.69, 9.17) is 11.6 Å². The zero-order valence-corrected chi connectivity index (χ0v) is 7.57. The molecule has 5 heteroatoms. The third-order valence-corrected chi connectivity index (χ3v) is 2.20. The number of hydrogen-bond donors (Lipinski definition) is 2. The first-order valence-corrected chi connectivity index (χ1v) is 4.31. The van der Waals surface area contributed by atoms with Gasteiger partial charge in [-0.05, 0) is 19.8 Å². The molecule has 1 unspecified atom stereocenters. The molecule has 4 nitrogen and oxygen atoms in total. The number of urea groups is 1. The lowest BCUT2D eigenvalue weighted by molar-refractivity contribution is -0.123. The predicted molar refractivity (Wildman–Crippen MR) is 45.0 cm³/mol. The fraction of sp³-hybridized carbons (Fsp3) is 0.714. The van der Waals surface area contributed by atoms with Gasteiger partial charge in [-0.1, -0.05) is 0 Å². The molecule has 68 valence electrons. The van der Waals surface area contributed by atoms with Crippen molar-refractivity contribution in [1.29, 1.82) is 0 Å². The van der Waals surface area contributed by atoms with Crippen LogP contribution in [0.4, 0.5) is 4.79 Å². The van der Waals surface area contributed by atoms with E-state index in [0.29, 0.717) is 18.7 Å². The summed E-state index contributed by atoms with van der Waals surface area (Å²) in [6.07, 6.45) is 1.29. The first-order valence-electron chi connectivity index (χ1n) is 3.78. The van der Waals surface area contributed by atoms with Gasteiger partial charge in [0, 0.05) is 5.88 Å². The maximum atomic E-state index is 11.2. The summed E-state index contributed by atoms with van der Waals surface area (Å²) in [5, 5.41) is 4.74. The second-order valence-corrected chi connectivity index (χ2v) is 3.41. The number of hydrogen-bond acceptors (Lipinski definition) is 2. The van der Waals surface area contributed by atoms with Gasteiger partial charge in [-0.25, -0.2) is 4.79 Å². The van der Waals surface area contributed by atoms with Crippen molar-refractivity contribution in [3.8, 4) is 0 Å². The van der Waals surface area contributed by atoms with Crippen molar-refractivity contribution >= 4 is 23.5 Å². The Labute approximate surface area is 75.6 Å². The monoisotopic (exact) mass is 190 g/mol. The summed E-state index contributed by atoms with van der Waals surface area (Å²) in [4.78, 5) is 21.9. The van der Waals surface area contributed by atoms with Gasteiger partial charge in [0.25, 0.3) is 5.91 Å². The molecule has 2 N–H and O–H groups in total. The molecule has 1 rings (SSSR count). The van der Waals surface area contributed by atoms with Crippen LogP contribution in [0.25, 0.3) is 0 Å². The minimum Gasteiger partial charge on any atom is -0.324 e. The Kier molecular flexibility index (Phi) is 2.57. The van der Waals surface area contributed by atoms with E-state index in [1.165, 1.54) is 0 Å². The van der Waals surface area contributed by atoms with E-state index >= 15 is 0 Å². The summed E-state index contributed by atoms with van der Waals surface area (Å²) in [5.41, 5.74) is -0.758. The van der Waals surface area contributed by atoms with Crippen molar-refractivity contribution in [3.05, 3.63) is 0 Å². The fourth-order valence-electron chi connectivity index (χ4n) is 1.18. The van der Waals surface area contributed by atoms with Gasteiger partial charge < -0.3 is 5.32 Å². The summed E-state index contributed by atoms with van der Waals surface area (Å²) in [6, 6.07) is -0.419. The number of imide groups is 1. The third kappa shape index (κ3) is 1.69. The molecule has 0 aliphatic carbocycles. The Morgan fingerprint density at radius 2 is 2.17 bits per heavy atom. The number of nitrogens with one attached hydrogen (secondary N) is 2. The lowest BCUT2D eigenvalue weighted by atomic mass is 9.97. The molecule has 0 spiro atoms. The van der Waals surface area contributed by atoms with Crippen molar-refractivity contribution in [1.82, 2.24) is 10.6 Å². The molecule has 1 heterocycles. The molecule has 0 aromatic rings. The van der Waals surface area contributed by atoms with Gasteiger partial charge in [0.1, 0.15) is 5.54 Å². The molecule has 1 fully saturated rings. The van der Waals surface area contributed by atoms with E-state index in [2.05, 4.69) is 10.6 Å².